The first-order valence-corrected chi connectivity index (χ1v) is 7.81. The first kappa shape index (κ1) is 17.6. The van der Waals surface area contributed by atoms with Crippen LogP contribution in [0.2, 0.25) is 0 Å². The van der Waals surface area contributed by atoms with Crippen LogP contribution in [0.15, 0.2) is 0 Å². The van der Waals surface area contributed by atoms with Crippen molar-refractivity contribution >= 4 is 6.29 Å². The molecule has 0 saturated carbocycles. The molecule has 18 heavy (non-hydrogen) atoms. The van der Waals surface area contributed by atoms with Gasteiger partial charge in [0.25, 0.3) is 0 Å². The van der Waals surface area contributed by atoms with Gasteiger partial charge in [-0.25, -0.2) is 0 Å². The standard InChI is InChI=1S/C16H32O2/c1-3-4-5-6-7-8-9-10-11-12-13-16(18-2)14-15-17/h15-16H,3-14H2,1-2H3. The summed E-state index contributed by atoms with van der Waals surface area (Å²) in [5.74, 6) is 0. The lowest BCUT2D eigenvalue weighted by atomic mass is 10.0. The molecule has 0 aromatic carbocycles. The molecule has 0 aliphatic rings. The summed E-state index contributed by atoms with van der Waals surface area (Å²) < 4.78 is 5.24. The van der Waals surface area contributed by atoms with Gasteiger partial charge >= 0.3 is 0 Å². The molecule has 2 heteroatoms. The number of aldehydes is 1. The van der Waals surface area contributed by atoms with Crippen molar-refractivity contribution in [1.29, 1.82) is 0 Å². The predicted molar refractivity (Wildman–Crippen MR) is 77.9 cm³/mol. The second-order valence-corrected chi connectivity index (χ2v) is 5.23. The highest BCUT2D eigenvalue weighted by Gasteiger charge is 2.05. The largest absolute Gasteiger partial charge is 0.381 e. The van der Waals surface area contributed by atoms with E-state index in [4.69, 9.17) is 4.74 Å². The Hall–Kier alpha value is -0.370. The van der Waals surface area contributed by atoms with Crippen LogP contribution < -0.4 is 0 Å². The SMILES string of the molecule is CCCCCCCCCCCCC(CC=O)OC. The number of hydrogen-bond donors (Lipinski definition) is 0. The van der Waals surface area contributed by atoms with Crippen LogP contribution in [0.3, 0.4) is 0 Å². The lowest BCUT2D eigenvalue weighted by Crippen LogP contribution is -2.10. The first-order valence-electron chi connectivity index (χ1n) is 7.81. The van der Waals surface area contributed by atoms with Crippen molar-refractivity contribution in [2.24, 2.45) is 0 Å². The highest BCUT2D eigenvalue weighted by atomic mass is 16.5. The molecule has 0 aliphatic heterocycles. The van der Waals surface area contributed by atoms with E-state index in [1.807, 2.05) is 0 Å². The van der Waals surface area contributed by atoms with Gasteiger partial charge in [-0.15, -0.1) is 0 Å². The molecule has 0 aromatic rings. The number of rotatable bonds is 14. The van der Waals surface area contributed by atoms with Gasteiger partial charge in [0.1, 0.15) is 6.29 Å². The summed E-state index contributed by atoms with van der Waals surface area (Å²) in [4.78, 5) is 10.4. The molecule has 0 amide bonds. The smallest absolute Gasteiger partial charge is 0.122 e. The Morgan fingerprint density at radius 2 is 1.39 bits per heavy atom. The summed E-state index contributed by atoms with van der Waals surface area (Å²) in [5.41, 5.74) is 0. The van der Waals surface area contributed by atoms with Crippen LogP contribution in [0.1, 0.15) is 84.0 Å². The fourth-order valence-electron chi connectivity index (χ4n) is 2.30. The summed E-state index contributed by atoms with van der Waals surface area (Å²) in [6.45, 7) is 2.26. The molecular formula is C16H32O2. The third-order valence-corrected chi connectivity index (χ3v) is 3.57. The number of unbranched alkanes of at least 4 members (excludes halogenated alkanes) is 9. The summed E-state index contributed by atoms with van der Waals surface area (Å²) in [5, 5.41) is 0. The van der Waals surface area contributed by atoms with Crippen molar-refractivity contribution in [3.05, 3.63) is 0 Å². The van der Waals surface area contributed by atoms with E-state index in [1.165, 1.54) is 64.2 Å². The van der Waals surface area contributed by atoms with E-state index in [-0.39, 0.29) is 6.10 Å². The Balaban J connectivity index is 3.12. The Kier molecular flexibility index (Phi) is 14.4. The lowest BCUT2D eigenvalue weighted by Gasteiger charge is -2.11. The quantitative estimate of drug-likeness (QED) is 0.326. The average Bonchev–Trinajstić information content (AvgIpc) is 2.39. The van der Waals surface area contributed by atoms with E-state index in [2.05, 4.69) is 6.92 Å². The number of methoxy groups -OCH3 is 1. The molecule has 0 aliphatic carbocycles. The maximum Gasteiger partial charge on any atom is 0.122 e. The van der Waals surface area contributed by atoms with E-state index in [0.717, 1.165) is 12.7 Å². The van der Waals surface area contributed by atoms with Gasteiger partial charge in [0, 0.05) is 13.5 Å². The topological polar surface area (TPSA) is 26.3 Å². The van der Waals surface area contributed by atoms with Crippen molar-refractivity contribution < 1.29 is 9.53 Å². The van der Waals surface area contributed by atoms with E-state index in [9.17, 15) is 4.79 Å². The molecule has 0 N–H and O–H groups in total. The molecule has 0 bridgehead atoms. The van der Waals surface area contributed by atoms with E-state index in [0.29, 0.717) is 6.42 Å². The Bertz CT molecular complexity index is 168. The van der Waals surface area contributed by atoms with Crippen LogP contribution in [0, 0.1) is 0 Å². The third kappa shape index (κ3) is 12.1. The Labute approximate surface area is 113 Å². The van der Waals surface area contributed by atoms with Crippen molar-refractivity contribution in [2.75, 3.05) is 7.11 Å². The van der Waals surface area contributed by atoms with Crippen LogP contribution in [0.4, 0.5) is 0 Å². The molecule has 0 spiro atoms. The van der Waals surface area contributed by atoms with Crippen molar-refractivity contribution in [2.45, 2.75) is 90.1 Å². The third-order valence-electron chi connectivity index (χ3n) is 3.57. The second kappa shape index (κ2) is 14.7. The van der Waals surface area contributed by atoms with Gasteiger partial charge in [-0.3, -0.25) is 0 Å². The minimum atomic E-state index is 0.150. The van der Waals surface area contributed by atoms with Crippen LogP contribution >= 0.6 is 0 Å². The minimum Gasteiger partial charge on any atom is -0.381 e. The van der Waals surface area contributed by atoms with Crippen LogP contribution in [0.5, 0.6) is 0 Å². The molecule has 0 saturated heterocycles. The fourth-order valence-corrected chi connectivity index (χ4v) is 2.30. The molecule has 108 valence electrons. The molecule has 0 heterocycles. The maximum atomic E-state index is 10.4. The number of ether oxygens (including phenoxy) is 1. The van der Waals surface area contributed by atoms with Crippen molar-refractivity contribution in [1.82, 2.24) is 0 Å². The van der Waals surface area contributed by atoms with Crippen LogP contribution in [0.25, 0.3) is 0 Å². The Morgan fingerprint density at radius 1 is 0.889 bits per heavy atom. The monoisotopic (exact) mass is 256 g/mol. The fraction of sp³-hybridized carbons (Fsp3) is 0.938. The molecule has 2 nitrogen and oxygen atoms in total. The summed E-state index contributed by atoms with van der Waals surface area (Å²) >= 11 is 0. The average molecular weight is 256 g/mol. The van der Waals surface area contributed by atoms with Gasteiger partial charge in [0.15, 0.2) is 0 Å². The zero-order valence-electron chi connectivity index (χ0n) is 12.5. The first-order chi connectivity index (χ1) is 8.85. The van der Waals surface area contributed by atoms with Gasteiger partial charge in [-0.1, -0.05) is 71.1 Å². The summed E-state index contributed by atoms with van der Waals surface area (Å²) in [6.07, 6.45) is 16.3. The maximum absolute atomic E-state index is 10.4. The summed E-state index contributed by atoms with van der Waals surface area (Å²) in [7, 11) is 1.70. The van der Waals surface area contributed by atoms with Gasteiger partial charge in [-0.05, 0) is 6.42 Å². The minimum absolute atomic E-state index is 0.150. The van der Waals surface area contributed by atoms with E-state index < -0.39 is 0 Å². The molecule has 0 radical (unpaired) electrons. The van der Waals surface area contributed by atoms with Gasteiger partial charge < -0.3 is 9.53 Å². The molecular weight excluding hydrogens is 224 g/mol. The van der Waals surface area contributed by atoms with Gasteiger partial charge in [0.05, 0.1) is 6.10 Å². The second-order valence-electron chi connectivity index (χ2n) is 5.23. The lowest BCUT2D eigenvalue weighted by molar-refractivity contribution is -0.110. The molecule has 0 fully saturated rings. The van der Waals surface area contributed by atoms with Crippen LogP contribution in [-0.4, -0.2) is 19.5 Å². The number of hydrogen-bond acceptors (Lipinski definition) is 2. The van der Waals surface area contributed by atoms with Gasteiger partial charge in [0.2, 0.25) is 0 Å². The van der Waals surface area contributed by atoms with Gasteiger partial charge in [-0.2, -0.15) is 0 Å². The van der Waals surface area contributed by atoms with E-state index >= 15 is 0 Å². The highest BCUT2D eigenvalue weighted by Crippen LogP contribution is 2.13. The molecule has 1 atom stereocenters. The highest BCUT2D eigenvalue weighted by molar-refractivity contribution is 5.50. The normalized spacial score (nSPS) is 12.6. The summed E-state index contributed by atoms with van der Waals surface area (Å²) in [6, 6.07) is 0. The van der Waals surface area contributed by atoms with Crippen molar-refractivity contribution in [3.63, 3.8) is 0 Å². The van der Waals surface area contributed by atoms with E-state index in [1.54, 1.807) is 7.11 Å². The number of carbonyl (C=O) groups is 1. The molecule has 1 unspecified atom stereocenters. The van der Waals surface area contributed by atoms with Crippen molar-refractivity contribution in [3.8, 4) is 0 Å². The molecule has 0 aromatic heterocycles. The predicted octanol–water partition coefficient (Wildman–Crippen LogP) is 4.90. The zero-order valence-corrected chi connectivity index (χ0v) is 12.5. The zero-order chi connectivity index (χ0) is 13.5. The van der Waals surface area contributed by atoms with Crippen LogP contribution in [-0.2, 0) is 9.53 Å². The Morgan fingerprint density at radius 3 is 1.83 bits per heavy atom. The molecule has 0 rings (SSSR count). The number of carbonyl (C=O) groups excluding carboxylic acids is 1.